The van der Waals surface area contributed by atoms with Gasteiger partial charge in [0.15, 0.2) is 0 Å². The molecule has 0 atom stereocenters. The maximum absolute atomic E-state index is 13.8. The summed E-state index contributed by atoms with van der Waals surface area (Å²) in [6.07, 6.45) is 1.62. The summed E-state index contributed by atoms with van der Waals surface area (Å²) in [5.74, 6) is -1.13. The van der Waals surface area contributed by atoms with Crippen molar-refractivity contribution >= 4 is 22.3 Å². The third kappa shape index (κ3) is 5.18. The van der Waals surface area contributed by atoms with Crippen LogP contribution in [0.15, 0.2) is 77.7 Å². The number of hydrogen-bond acceptors (Lipinski definition) is 4. The number of thiol groups is 1. The zero-order valence-corrected chi connectivity index (χ0v) is 18.7. The monoisotopic (exact) mass is 486 g/mol. The number of rotatable bonds is 6. The molecule has 0 bridgehead atoms. The third-order valence-corrected chi connectivity index (χ3v) is 5.99. The molecule has 4 aromatic rings. The molecule has 0 amide bonds. The minimum Gasteiger partial charge on any atom is -0.267 e. The Kier molecular flexibility index (Phi) is 6.67. The molecule has 0 saturated carbocycles. The Hall–Kier alpha value is -3.36. The van der Waals surface area contributed by atoms with E-state index in [-0.39, 0.29) is 22.9 Å². The molecule has 5 nitrogen and oxygen atoms in total. The average molecular weight is 487 g/mol. The van der Waals surface area contributed by atoms with E-state index in [0.717, 1.165) is 10.7 Å². The van der Waals surface area contributed by atoms with E-state index in [1.165, 1.54) is 30.5 Å². The van der Waals surface area contributed by atoms with Crippen LogP contribution in [0.1, 0.15) is 16.7 Å². The number of aromatic nitrogens is 2. The number of benzene rings is 3. The fraction of sp³-hybridized carbons (Fsp3) is 0.0833. The molecule has 1 heterocycles. The molecule has 168 valence electrons. The van der Waals surface area contributed by atoms with E-state index >= 15 is 0 Å². The Morgan fingerprint density at radius 1 is 0.939 bits per heavy atom. The highest BCUT2D eigenvalue weighted by atomic mass is 35.5. The van der Waals surface area contributed by atoms with Crippen LogP contribution in [0.4, 0.5) is 8.78 Å². The summed E-state index contributed by atoms with van der Waals surface area (Å²) < 4.78 is 50.5. The van der Waals surface area contributed by atoms with Crippen LogP contribution < -0.4 is 5.56 Å². The Balaban J connectivity index is 1.86. The van der Waals surface area contributed by atoms with E-state index in [0.29, 0.717) is 27.8 Å². The molecule has 3 aromatic carbocycles. The molecule has 0 aliphatic heterocycles. The smallest absolute Gasteiger partial charge is 0.267 e. The van der Waals surface area contributed by atoms with Gasteiger partial charge in [0.25, 0.3) is 5.56 Å². The lowest BCUT2D eigenvalue weighted by atomic mass is 9.97. The van der Waals surface area contributed by atoms with Gasteiger partial charge in [-0.05, 0) is 47.0 Å². The second-order valence-corrected chi connectivity index (χ2v) is 8.74. The zero-order valence-electron chi connectivity index (χ0n) is 17.0. The van der Waals surface area contributed by atoms with Gasteiger partial charge in [-0.1, -0.05) is 48.0 Å². The summed E-state index contributed by atoms with van der Waals surface area (Å²) in [6, 6.07) is 16.5. The lowest BCUT2D eigenvalue weighted by Gasteiger charge is -2.13. The van der Waals surface area contributed by atoms with E-state index in [9.17, 15) is 22.0 Å². The molecule has 0 N–H and O–H groups in total. The van der Waals surface area contributed by atoms with Crippen molar-refractivity contribution < 1.29 is 17.2 Å². The van der Waals surface area contributed by atoms with Crippen LogP contribution in [0.5, 0.6) is 0 Å². The first-order valence-electron chi connectivity index (χ1n) is 9.84. The van der Waals surface area contributed by atoms with Crippen molar-refractivity contribution in [2.24, 2.45) is 0 Å². The molecule has 0 unspecified atom stereocenters. The van der Waals surface area contributed by atoms with Crippen molar-refractivity contribution in [1.82, 2.24) is 9.78 Å². The van der Waals surface area contributed by atoms with E-state index in [1.54, 1.807) is 36.4 Å². The number of hydrogen-bond donors (Lipinski definition) is 1. The van der Waals surface area contributed by atoms with Crippen LogP contribution in [0.2, 0.25) is 5.02 Å². The predicted molar refractivity (Wildman–Crippen MR) is 123 cm³/mol. The summed E-state index contributed by atoms with van der Waals surface area (Å²) in [5.41, 5.74) is 2.54. The maximum atomic E-state index is 13.8. The third-order valence-electron chi connectivity index (χ3n) is 5.07. The van der Waals surface area contributed by atoms with E-state index in [1.807, 2.05) is 0 Å². The van der Waals surface area contributed by atoms with Gasteiger partial charge < -0.3 is 0 Å². The summed E-state index contributed by atoms with van der Waals surface area (Å²) >= 11 is 5.88. The van der Waals surface area contributed by atoms with E-state index in [2.05, 4.69) is 5.10 Å². The predicted octanol–water partition coefficient (Wildman–Crippen LogP) is 4.53. The molecule has 33 heavy (non-hydrogen) atoms. The second-order valence-electron chi connectivity index (χ2n) is 7.35. The lowest BCUT2D eigenvalue weighted by molar-refractivity contribution is 0.614. The molecule has 0 aliphatic carbocycles. The zero-order chi connectivity index (χ0) is 23.5. The summed E-state index contributed by atoms with van der Waals surface area (Å²) in [5, 5.41) is 4.09. The molecule has 0 saturated heterocycles. The van der Waals surface area contributed by atoms with Gasteiger partial charge in [-0.3, -0.25) is 4.79 Å². The van der Waals surface area contributed by atoms with Crippen molar-refractivity contribution in [3.63, 3.8) is 0 Å². The number of nitrogens with zero attached hydrogens (tertiary/aromatic N) is 2. The van der Waals surface area contributed by atoms with Gasteiger partial charge in [0, 0.05) is 17.5 Å². The SMILES string of the molecule is O=c1c(Cc2cccc(F)c2)c(-c2ccc(C[SH](=O)=O)cc2)cnn1-c1ccc(F)c(Cl)c1. The van der Waals surface area contributed by atoms with Crippen LogP contribution in [0.3, 0.4) is 0 Å². The maximum Gasteiger partial charge on any atom is 0.275 e. The Morgan fingerprint density at radius 3 is 2.36 bits per heavy atom. The van der Waals surface area contributed by atoms with Gasteiger partial charge in [0.05, 0.1) is 22.7 Å². The Bertz CT molecular complexity index is 1460. The second kappa shape index (κ2) is 9.64. The fourth-order valence-electron chi connectivity index (χ4n) is 3.50. The first-order valence-corrected chi connectivity index (χ1v) is 11.6. The summed E-state index contributed by atoms with van der Waals surface area (Å²) in [4.78, 5) is 13.5. The molecule has 0 radical (unpaired) electrons. The van der Waals surface area contributed by atoms with Crippen LogP contribution in [0, 0.1) is 11.6 Å². The minimum atomic E-state index is -2.56. The van der Waals surface area contributed by atoms with Gasteiger partial charge in [0.1, 0.15) is 22.3 Å². The molecule has 0 fully saturated rings. The van der Waals surface area contributed by atoms with Crippen molar-refractivity contribution in [2.45, 2.75) is 12.2 Å². The molecule has 1 aromatic heterocycles. The van der Waals surface area contributed by atoms with Gasteiger partial charge in [-0.25, -0.2) is 17.2 Å². The van der Waals surface area contributed by atoms with Crippen LogP contribution in [0.25, 0.3) is 16.8 Å². The van der Waals surface area contributed by atoms with Crippen LogP contribution in [-0.4, -0.2) is 18.2 Å². The molecule has 9 heteroatoms. The van der Waals surface area contributed by atoms with Crippen molar-refractivity contribution in [2.75, 3.05) is 0 Å². The molecular formula is C24H17ClF2N2O3S. The highest BCUT2D eigenvalue weighted by Gasteiger charge is 2.16. The van der Waals surface area contributed by atoms with Crippen molar-refractivity contribution in [3.05, 3.63) is 117 Å². The first-order chi connectivity index (χ1) is 15.8. The normalized spacial score (nSPS) is 11.2. The lowest BCUT2D eigenvalue weighted by Crippen LogP contribution is -2.26. The molecule has 0 spiro atoms. The molecule has 4 rings (SSSR count). The van der Waals surface area contributed by atoms with E-state index < -0.39 is 27.9 Å². The number of halogens is 3. The highest BCUT2D eigenvalue weighted by molar-refractivity contribution is 7.71. The first kappa shape index (κ1) is 22.8. The summed E-state index contributed by atoms with van der Waals surface area (Å²) in [6.45, 7) is 0. The Labute approximate surface area is 194 Å². The molecule has 0 aliphatic rings. The van der Waals surface area contributed by atoms with Gasteiger partial charge >= 0.3 is 0 Å². The standard InChI is InChI=1S/C24H17ClF2N2O3S/c25-22-12-19(8-9-23(22)27)29-24(30)20(11-16-2-1-3-18(26)10-16)21(13-28-29)17-6-4-15(5-7-17)14-33(31)32/h1-10,12-13,33H,11,14H2. The topological polar surface area (TPSA) is 69.0 Å². The van der Waals surface area contributed by atoms with Crippen LogP contribution >= 0.6 is 11.6 Å². The fourth-order valence-corrected chi connectivity index (χ4v) is 4.18. The average Bonchev–Trinajstić information content (AvgIpc) is 2.77. The summed E-state index contributed by atoms with van der Waals surface area (Å²) in [7, 11) is -2.56. The van der Waals surface area contributed by atoms with Gasteiger partial charge in [0.2, 0.25) is 0 Å². The molecular weight excluding hydrogens is 470 g/mol. The van der Waals surface area contributed by atoms with E-state index in [4.69, 9.17) is 11.6 Å². The van der Waals surface area contributed by atoms with Crippen molar-refractivity contribution in [3.8, 4) is 16.8 Å². The van der Waals surface area contributed by atoms with Gasteiger partial charge in [-0.15, -0.1) is 0 Å². The largest absolute Gasteiger partial charge is 0.275 e. The Morgan fingerprint density at radius 2 is 1.70 bits per heavy atom. The van der Waals surface area contributed by atoms with Crippen molar-refractivity contribution in [1.29, 1.82) is 0 Å². The highest BCUT2D eigenvalue weighted by Crippen LogP contribution is 2.25. The van der Waals surface area contributed by atoms with Crippen LogP contribution in [-0.2, 0) is 22.9 Å². The van der Waals surface area contributed by atoms with Gasteiger partial charge in [-0.2, -0.15) is 9.78 Å². The minimum absolute atomic E-state index is 0.0864. The quantitative estimate of drug-likeness (QED) is 0.406.